The van der Waals surface area contributed by atoms with Gasteiger partial charge < -0.3 is 15.4 Å². The van der Waals surface area contributed by atoms with Gasteiger partial charge in [-0.2, -0.15) is 0 Å². The number of amides is 2. The van der Waals surface area contributed by atoms with Crippen LogP contribution >= 0.6 is 0 Å². The predicted molar refractivity (Wildman–Crippen MR) is 93.7 cm³/mol. The van der Waals surface area contributed by atoms with E-state index in [0.29, 0.717) is 25.3 Å². The van der Waals surface area contributed by atoms with Gasteiger partial charge in [-0.1, -0.05) is 26.0 Å². The molecule has 1 saturated heterocycles. The van der Waals surface area contributed by atoms with Gasteiger partial charge in [-0.05, 0) is 43.4 Å². The molecule has 1 fully saturated rings. The van der Waals surface area contributed by atoms with Crippen LogP contribution in [0.3, 0.4) is 0 Å². The van der Waals surface area contributed by atoms with Gasteiger partial charge in [-0.25, -0.2) is 0 Å². The summed E-state index contributed by atoms with van der Waals surface area (Å²) >= 11 is 0. The lowest BCUT2D eigenvalue weighted by atomic mass is 9.97. The highest BCUT2D eigenvalue weighted by atomic mass is 16.5. The molecule has 132 valence electrons. The minimum absolute atomic E-state index is 0.000222. The van der Waals surface area contributed by atoms with Crippen LogP contribution in [0.1, 0.15) is 51.6 Å². The molecule has 2 N–H and O–H groups in total. The number of hydrogen-bond acceptors (Lipinski definition) is 3. The Morgan fingerprint density at radius 1 is 1.29 bits per heavy atom. The Hall–Kier alpha value is -2.04. The van der Waals surface area contributed by atoms with Crippen molar-refractivity contribution in [2.75, 3.05) is 13.2 Å². The van der Waals surface area contributed by atoms with E-state index in [1.54, 1.807) is 0 Å². The van der Waals surface area contributed by atoms with E-state index in [1.807, 2.05) is 31.2 Å². The fraction of sp³-hybridized carbons (Fsp3) is 0.579. The van der Waals surface area contributed by atoms with E-state index < -0.39 is 0 Å². The molecule has 1 aliphatic rings. The van der Waals surface area contributed by atoms with Crippen molar-refractivity contribution in [2.45, 2.75) is 46.1 Å². The van der Waals surface area contributed by atoms with E-state index in [1.165, 1.54) is 0 Å². The van der Waals surface area contributed by atoms with Gasteiger partial charge in [-0.3, -0.25) is 9.59 Å². The number of hydrogen-bond donors (Lipinski definition) is 2. The second-order valence-electron chi connectivity index (χ2n) is 6.87. The molecule has 1 heterocycles. The van der Waals surface area contributed by atoms with Crippen LogP contribution < -0.4 is 15.4 Å². The minimum atomic E-state index is -0.135. The third-order valence-corrected chi connectivity index (χ3v) is 4.34. The van der Waals surface area contributed by atoms with Crippen LogP contribution in [0.2, 0.25) is 0 Å². The quantitative estimate of drug-likeness (QED) is 0.807. The maximum Gasteiger partial charge on any atom is 0.225 e. The van der Waals surface area contributed by atoms with Crippen molar-refractivity contribution in [3.05, 3.63) is 29.8 Å². The third kappa shape index (κ3) is 5.55. The maximum absolute atomic E-state index is 12.3. The van der Waals surface area contributed by atoms with Crippen LogP contribution in [0, 0.1) is 11.8 Å². The summed E-state index contributed by atoms with van der Waals surface area (Å²) in [4.78, 5) is 23.4. The standard InChI is InChI=1S/C19H28N2O3/c1-13(2)10-11-24-17-7-4-15(5-8-17)14(3)21-19(23)16-6-9-18(22)20-12-16/h4-5,7-8,13-14,16H,6,9-12H2,1-3H3,(H,20,22)(H,21,23)/t14-,16+/m1/s1. The van der Waals surface area contributed by atoms with Crippen molar-refractivity contribution in [1.82, 2.24) is 10.6 Å². The lowest BCUT2D eigenvalue weighted by Gasteiger charge is -2.24. The summed E-state index contributed by atoms with van der Waals surface area (Å²) in [6.07, 6.45) is 2.08. The molecule has 2 amide bonds. The highest BCUT2D eigenvalue weighted by molar-refractivity contribution is 5.83. The molecular weight excluding hydrogens is 304 g/mol. The highest BCUT2D eigenvalue weighted by Crippen LogP contribution is 2.19. The Kier molecular flexibility index (Phi) is 6.64. The van der Waals surface area contributed by atoms with Crippen LogP contribution in [0.4, 0.5) is 0 Å². The van der Waals surface area contributed by atoms with Crippen molar-refractivity contribution < 1.29 is 14.3 Å². The minimum Gasteiger partial charge on any atom is -0.494 e. The first-order valence-electron chi connectivity index (χ1n) is 8.75. The van der Waals surface area contributed by atoms with Crippen LogP contribution in [0.25, 0.3) is 0 Å². The molecule has 1 aliphatic heterocycles. The topological polar surface area (TPSA) is 67.4 Å². The summed E-state index contributed by atoms with van der Waals surface area (Å²) in [5.41, 5.74) is 1.04. The molecule has 0 unspecified atom stereocenters. The van der Waals surface area contributed by atoms with Crippen LogP contribution in [0.5, 0.6) is 5.75 Å². The van der Waals surface area contributed by atoms with Gasteiger partial charge in [0.2, 0.25) is 11.8 Å². The van der Waals surface area contributed by atoms with E-state index in [2.05, 4.69) is 24.5 Å². The fourth-order valence-corrected chi connectivity index (χ4v) is 2.64. The second-order valence-corrected chi connectivity index (χ2v) is 6.87. The molecule has 2 rings (SSSR count). The summed E-state index contributed by atoms with van der Waals surface area (Å²) in [6, 6.07) is 7.79. The van der Waals surface area contributed by atoms with Crippen molar-refractivity contribution in [1.29, 1.82) is 0 Å². The maximum atomic E-state index is 12.3. The summed E-state index contributed by atoms with van der Waals surface area (Å²) in [7, 11) is 0. The van der Waals surface area contributed by atoms with E-state index in [9.17, 15) is 9.59 Å². The number of nitrogens with one attached hydrogen (secondary N) is 2. The average Bonchev–Trinajstić information content (AvgIpc) is 2.55. The van der Waals surface area contributed by atoms with Gasteiger partial charge in [0.15, 0.2) is 0 Å². The van der Waals surface area contributed by atoms with E-state index in [4.69, 9.17) is 4.74 Å². The Morgan fingerprint density at radius 2 is 2.00 bits per heavy atom. The molecule has 1 aromatic carbocycles. The summed E-state index contributed by atoms with van der Waals surface area (Å²) in [6.45, 7) is 7.47. The van der Waals surface area contributed by atoms with Gasteiger partial charge in [-0.15, -0.1) is 0 Å². The monoisotopic (exact) mass is 332 g/mol. The number of benzene rings is 1. The first-order valence-corrected chi connectivity index (χ1v) is 8.75. The first-order chi connectivity index (χ1) is 11.5. The molecule has 0 spiro atoms. The number of carbonyl (C=O) groups is 2. The Bertz CT molecular complexity index is 544. The normalized spacial score (nSPS) is 18.8. The van der Waals surface area contributed by atoms with Gasteiger partial charge >= 0.3 is 0 Å². The van der Waals surface area contributed by atoms with Crippen molar-refractivity contribution >= 4 is 11.8 Å². The smallest absolute Gasteiger partial charge is 0.225 e. The number of rotatable bonds is 7. The number of piperidine rings is 1. The summed E-state index contributed by atoms with van der Waals surface area (Å²) in [5, 5.41) is 5.77. The van der Waals surface area contributed by atoms with Crippen molar-refractivity contribution in [3.63, 3.8) is 0 Å². The first kappa shape index (κ1) is 18.3. The van der Waals surface area contributed by atoms with Gasteiger partial charge in [0, 0.05) is 13.0 Å². The molecule has 5 nitrogen and oxygen atoms in total. The molecule has 2 atom stereocenters. The highest BCUT2D eigenvalue weighted by Gasteiger charge is 2.25. The third-order valence-electron chi connectivity index (χ3n) is 4.34. The zero-order valence-corrected chi connectivity index (χ0v) is 14.8. The fourth-order valence-electron chi connectivity index (χ4n) is 2.64. The molecule has 0 radical (unpaired) electrons. The molecule has 0 aliphatic carbocycles. The van der Waals surface area contributed by atoms with Gasteiger partial charge in [0.1, 0.15) is 5.75 Å². The summed E-state index contributed by atoms with van der Waals surface area (Å²) in [5.74, 6) is 1.38. The molecule has 24 heavy (non-hydrogen) atoms. The Labute approximate surface area is 144 Å². The summed E-state index contributed by atoms with van der Waals surface area (Å²) < 4.78 is 5.71. The second kappa shape index (κ2) is 8.71. The van der Waals surface area contributed by atoms with E-state index in [0.717, 1.165) is 24.3 Å². The molecular formula is C19H28N2O3. The molecule has 1 aromatic rings. The predicted octanol–water partition coefficient (Wildman–Crippen LogP) is 2.81. The van der Waals surface area contributed by atoms with Crippen molar-refractivity contribution in [3.8, 4) is 5.75 Å². The number of ether oxygens (including phenoxy) is 1. The SMILES string of the molecule is CC(C)CCOc1ccc([C@@H](C)NC(=O)[C@H]2CCC(=O)NC2)cc1. The molecule has 0 bridgehead atoms. The largest absolute Gasteiger partial charge is 0.494 e. The van der Waals surface area contributed by atoms with Crippen LogP contribution in [-0.4, -0.2) is 25.0 Å². The molecule has 0 aromatic heterocycles. The Morgan fingerprint density at radius 3 is 2.58 bits per heavy atom. The lowest BCUT2D eigenvalue weighted by Crippen LogP contribution is -2.43. The van der Waals surface area contributed by atoms with E-state index in [-0.39, 0.29) is 23.8 Å². The lowest BCUT2D eigenvalue weighted by molar-refractivity contribution is -0.129. The average molecular weight is 332 g/mol. The Balaban J connectivity index is 1.82. The van der Waals surface area contributed by atoms with Crippen LogP contribution in [-0.2, 0) is 9.59 Å². The molecule has 0 saturated carbocycles. The zero-order valence-electron chi connectivity index (χ0n) is 14.8. The number of carbonyl (C=O) groups excluding carboxylic acids is 2. The van der Waals surface area contributed by atoms with Gasteiger partial charge in [0.25, 0.3) is 0 Å². The van der Waals surface area contributed by atoms with Crippen molar-refractivity contribution in [2.24, 2.45) is 11.8 Å². The van der Waals surface area contributed by atoms with Crippen LogP contribution in [0.15, 0.2) is 24.3 Å². The molecule has 5 heteroatoms. The van der Waals surface area contributed by atoms with Gasteiger partial charge in [0.05, 0.1) is 18.6 Å². The zero-order chi connectivity index (χ0) is 17.5. The van der Waals surface area contributed by atoms with E-state index >= 15 is 0 Å².